The van der Waals surface area contributed by atoms with Gasteiger partial charge in [-0.15, -0.1) is 11.3 Å². The number of rotatable bonds is 3. The van der Waals surface area contributed by atoms with Crippen LogP contribution in [0.1, 0.15) is 54.8 Å². The van der Waals surface area contributed by atoms with Crippen molar-refractivity contribution in [3.63, 3.8) is 0 Å². The molecule has 2 N–H and O–H groups in total. The molecule has 0 amide bonds. The zero-order chi connectivity index (χ0) is 15.8. The predicted octanol–water partition coefficient (Wildman–Crippen LogP) is 3.39. The maximum Gasteiger partial charge on any atom is 0.309 e. The number of nitrogens with zero attached hydrogens (tertiary/aromatic N) is 2. The van der Waals surface area contributed by atoms with Crippen LogP contribution in [0.2, 0.25) is 0 Å². The molecule has 0 atom stereocenters. The number of esters is 1. The van der Waals surface area contributed by atoms with E-state index in [1.54, 1.807) is 11.3 Å². The number of aromatic nitrogens is 2. The fourth-order valence-corrected chi connectivity index (χ4v) is 4.66. The van der Waals surface area contributed by atoms with Crippen molar-refractivity contribution in [2.45, 2.75) is 58.0 Å². The van der Waals surface area contributed by atoms with Gasteiger partial charge in [0.15, 0.2) is 12.4 Å². The minimum atomic E-state index is -0.125. The molecular weight excluding hydrogens is 310 g/mol. The summed E-state index contributed by atoms with van der Waals surface area (Å²) in [6.45, 7) is 0.123. The molecule has 0 spiro atoms. The summed E-state index contributed by atoms with van der Waals surface area (Å²) in [5, 5.41) is 1.03. The summed E-state index contributed by atoms with van der Waals surface area (Å²) >= 11 is 1.73. The van der Waals surface area contributed by atoms with E-state index in [-0.39, 0.29) is 18.5 Å². The van der Waals surface area contributed by atoms with E-state index in [9.17, 15) is 4.79 Å². The number of carbonyl (C=O) groups excluding carboxylic acids is 1. The number of hydrogen-bond donors (Lipinski definition) is 1. The molecule has 0 aliphatic heterocycles. The molecular formula is C17H21N3O2S. The quantitative estimate of drug-likeness (QED) is 0.689. The number of anilines is 1. The third kappa shape index (κ3) is 2.80. The van der Waals surface area contributed by atoms with Crippen LogP contribution in [0, 0.1) is 5.92 Å². The lowest BCUT2D eigenvalue weighted by Gasteiger charge is -2.22. The average Bonchev–Trinajstić information content (AvgIpc) is 2.66. The van der Waals surface area contributed by atoms with Gasteiger partial charge in [-0.2, -0.15) is 0 Å². The smallest absolute Gasteiger partial charge is 0.309 e. The number of nitrogens with two attached hydrogens (primary N) is 1. The number of nitrogen functional groups attached to an aromatic ring is 1. The van der Waals surface area contributed by atoms with Gasteiger partial charge in [0.05, 0.1) is 11.3 Å². The van der Waals surface area contributed by atoms with Crippen LogP contribution in [0.3, 0.4) is 0 Å². The van der Waals surface area contributed by atoms with Gasteiger partial charge in [-0.3, -0.25) is 4.79 Å². The van der Waals surface area contributed by atoms with Gasteiger partial charge in [0.25, 0.3) is 0 Å². The first-order chi connectivity index (χ1) is 11.2. The molecule has 0 aromatic carbocycles. The molecule has 5 nitrogen and oxygen atoms in total. The molecule has 1 fully saturated rings. The fraction of sp³-hybridized carbons (Fsp3) is 0.588. The number of fused-ring (bicyclic) bond motifs is 3. The van der Waals surface area contributed by atoms with Gasteiger partial charge in [-0.1, -0.05) is 12.8 Å². The number of ether oxygens (including phenoxy) is 1. The minimum Gasteiger partial charge on any atom is -0.457 e. The van der Waals surface area contributed by atoms with Gasteiger partial charge in [0.1, 0.15) is 10.6 Å². The van der Waals surface area contributed by atoms with Crippen molar-refractivity contribution in [1.82, 2.24) is 9.97 Å². The van der Waals surface area contributed by atoms with E-state index in [0.717, 1.165) is 42.3 Å². The number of carbonyl (C=O) groups is 1. The Hall–Kier alpha value is -1.69. The predicted molar refractivity (Wildman–Crippen MR) is 90.2 cm³/mol. The molecule has 2 aromatic heterocycles. The highest BCUT2D eigenvalue weighted by Crippen LogP contribution is 2.37. The Balaban J connectivity index is 1.58. The van der Waals surface area contributed by atoms with Crippen molar-refractivity contribution in [2.75, 3.05) is 5.73 Å². The van der Waals surface area contributed by atoms with E-state index >= 15 is 0 Å². The first kappa shape index (κ1) is 14.9. The molecule has 2 aliphatic rings. The standard InChI is InChI=1S/C17H21N3O2S/c18-15-14-11-7-2-1-3-8-12(11)23-16(14)20-13(19-15)9-22-17(21)10-5-4-6-10/h10H,1-9H2,(H2,18,19,20). The van der Waals surface area contributed by atoms with Gasteiger partial charge in [-0.05, 0) is 44.1 Å². The number of aryl methyl sites for hydroxylation is 2. The number of hydrogen-bond acceptors (Lipinski definition) is 6. The molecule has 122 valence electrons. The lowest BCUT2D eigenvalue weighted by atomic mass is 9.86. The highest BCUT2D eigenvalue weighted by atomic mass is 32.1. The summed E-state index contributed by atoms with van der Waals surface area (Å²) in [5.74, 6) is 0.998. The first-order valence-electron chi connectivity index (χ1n) is 8.45. The van der Waals surface area contributed by atoms with Crippen molar-refractivity contribution < 1.29 is 9.53 Å². The van der Waals surface area contributed by atoms with Crippen LogP contribution in [0.5, 0.6) is 0 Å². The Bertz CT molecular complexity index is 752. The molecule has 6 heteroatoms. The largest absolute Gasteiger partial charge is 0.457 e. The summed E-state index contributed by atoms with van der Waals surface area (Å²) < 4.78 is 5.34. The molecule has 2 heterocycles. The molecule has 0 unspecified atom stereocenters. The van der Waals surface area contributed by atoms with Crippen molar-refractivity contribution in [2.24, 2.45) is 5.92 Å². The third-order valence-electron chi connectivity index (χ3n) is 4.92. The van der Waals surface area contributed by atoms with Crippen LogP contribution in [0.15, 0.2) is 0 Å². The van der Waals surface area contributed by atoms with E-state index in [2.05, 4.69) is 9.97 Å². The molecule has 0 bridgehead atoms. The summed E-state index contributed by atoms with van der Waals surface area (Å²) in [5.41, 5.74) is 7.54. The Morgan fingerprint density at radius 2 is 2.00 bits per heavy atom. The van der Waals surface area contributed by atoms with Gasteiger partial charge in [-0.25, -0.2) is 9.97 Å². The highest BCUT2D eigenvalue weighted by molar-refractivity contribution is 7.19. The second-order valence-corrected chi connectivity index (χ2v) is 7.59. The summed E-state index contributed by atoms with van der Waals surface area (Å²) in [7, 11) is 0. The van der Waals surface area contributed by atoms with E-state index in [4.69, 9.17) is 10.5 Å². The summed E-state index contributed by atoms with van der Waals surface area (Å²) in [6, 6.07) is 0. The molecule has 2 aliphatic carbocycles. The summed E-state index contributed by atoms with van der Waals surface area (Å²) in [6.07, 6.45) is 8.91. The fourth-order valence-electron chi connectivity index (χ4n) is 3.37. The number of thiophene rings is 1. The SMILES string of the molecule is Nc1nc(COC(=O)C2CCC2)nc2sc3c(c12)CCCCC3. The van der Waals surface area contributed by atoms with Gasteiger partial charge < -0.3 is 10.5 Å². The van der Waals surface area contributed by atoms with E-state index in [0.29, 0.717) is 11.6 Å². The zero-order valence-electron chi connectivity index (χ0n) is 13.1. The summed E-state index contributed by atoms with van der Waals surface area (Å²) in [4.78, 5) is 23.2. The van der Waals surface area contributed by atoms with Crippen LogP contribution >= 0.6 is 11.3 Å². The van der Waals surface area contributed by atoms with Gasteiger partial charge in [0, 0.05) is 4.88 Å². The normalized spacial score (nSPS) is 18.3. The van der Waals surface area contributed by atoms with Crippen molar-refractivity contribution in [3.8, 4) is 0 Å². The van der Waals surface area contributed by atoms with Gasteiger partial charge >= 0.3 is 5.97 Å². The Morgan fingerprint density at radius 3 is 2.78 bits per heavy atom. The Morgan fingerprint density at radius 1 is 1.17 bits per heavy atom. The van der Waals surface area contributed by atoms with E-state index in [1.807, 2.05) is 0 Å². The molecule has 1 saturated carbocycles. The van der Waals surface area contributed by atoms with Gasteiger partial charge in [0.2, 0.25) is 0 Å². The zero-order valence-corrected chi connectivity index (χ0v) is 14.0. The minimum absolute atomic E-state index is 0.0777. The lowest BCUT2D eigenvalue weighted by molar-refractivity contribution is -0.153. The van der Waals surface area contributed by atoms with Crippen LogP contribution in [0.4, 0.5) is 5.82 Å². The third-order valence-corrected chi connectivity index (χ3v) is 6.11. The second kappa shape index (κ2) is 6.07. The first-order valence-corrected chi connectivity index (χ1v) is 9.27. The average molecular weight is 331 g/mol. The molecule has 2 aromatic rings. The maximum atomic E-state index is 11.8. The highest BCUT2D eigenvalue weighted by Gasteiger charge is 2.27. The lowest BCUT2D eigenvalue weighted by Crippen LogP contribution is -2.24. The maximum absolute atomic E-state index is 11.8. The van der Waals surface area contributed by atoms with Crippen LogP contribution in [-0.2, 0) is 29.0 Å². The molecule has 0 radical (unpaired) electrons. The van der Waals surface area contributed by atoms with Crippen molar-refractivity contribution in [1.29, 1.82) is 0 Å². The molecule has 4 rings (SSSR count). The Labute approximate surface area is 139 Å². The van der Waals surface area contributed by atoms with Crippen molar-refractivity contribution in [3.05, 3.63) is 16.3 Å². The van der Waals surface area contributed by atoms with Crippen molar-refractivity contribution >= 4 is 33.3 Å². The van der Waals surface area contributed by atoms with E-state index in [1.165, 1.54) is 29.7 Å². The monoisotopic (exact) mass is 331 g/mol. The Kier molecular flexibility index (Phi) is 3.93. The van der Waals surface area contributed by atoms with E-state index < -0.39 is 0 Å². The topological polar surface area (TPSA) is 78.1 Å². The van der Waals surface area contributed by atoms with Crippen LogP contribution in [-0.4, -0.2) is 15.9 Å². The molecule has 0 saturated heterocycles. The molecule has 23 heavy (non-hydrogen) atoms. The second-order valence-electron chi connectivity index (χ2n) is 6.51. The van der Waals surface area contributed by atoms with Crippen LogP contribution < -0.4 is 5.73 Å². The van der Waals surface area contributed by atoms with Crippen LogP contribution in [0.25, 0.3) is 10.2 Å².